The van der Waals surface area contributed by atoms with Gasteiger partial charge in [-0.3, -0.25) is 9.59 Å². The van der Waals surface area contributed by atoms with Crippen molar-refractivity contribution in [1.29, 1.82) is 0 Å². The number of carbonyl (C=O) groups is 2. The molecule has 2 aromatic carbocycles. The van der Waals surface area contributed by atoms with E-state index in [9.17, 15) is 9.59 Å². The van der Waals surface area contributed by atoms with Crippen molar-refractivity contribution < 1.29 is 9.59 Å². The fraction of sp³-hybridized carbons (Fsp3) is 0.417. The van der Waals surface area contributed by atoms with Crippen LogP contribution in [0, 0.1) is 0 Å². The third-order valence-corrected chi connectivity index (χ3v) is 5.49. The van der Waals surface area contributed by atoms with E-state index in [2.05, 4.69) is 5.32 Å². The summed E-state index contributed by atoms with van der Waals surface area (Å²) in [4.78, 5) is 27.9. The van der Waals surface area contributed by atoms with Crippen LogP contribution in [0.1, 0.15) is 51.7 Å². The molecule has 2 aromatic rings. The highest BCUT2D eigenvalue weighted by atomic mass is 35.5. The highest BCUT2D eigenvalue weighted by molar-refractivity contribution is 6.31. The average Bonchev–Trinajstić information content (AvgIpc) is 2.67. The van der Waals surface area contributed by atoms with Crippen LogP contribution in [0.5, 0.6) is 0 Å². The molecule has 0 aliphatic rings. The Morgan fingerprint density at radius 2 is 1.50 bits per heavy atom. The number of hydrogen-bond acceptors (Lipinski definition) is 2. The van der Waals surface area contributed by atoms with E-state index in [0.717, 1.165) is 11.1 Å². The van der Waals surface area contributed by atoms with E-state index >= 15 is 0 Å². The minimum Gasteiger partial charge on any atom is -0.350 e. The zero-order valence-electron chi connectivity index (χ0n) is 18.0. The van der Waals surface area contributed by atoms with Crippen molar-refractivity contribution in [2.75, 3.05) is 0 Å². The third-order valence-electron chi connectivity index (χ3n) is 4.75. The molecule has 0 aliphatic heterocycles. The second-order valence-electron chi connectivity index (χ2n) is 8.37. The van der Waals surface area contributed by atoms with Crippen molar-refractivity contribution in [2.45, 2.75) is 65.1 Å². The number of carbonyl (C=O) groups excluding carboxylic acids is 2. The van der Waals surface area contributed by atoms with Gasteiger partial charge < -0.3 is 10.2 Å². The maximum absolute atomic E-state index is 13.3. The molecule has 0 aromatic heterocycles. The van der Waals surface area contributed by atoms with Gasteiger partial charge in [-0.2, -0.15) is 0 Å². The molecule has 1 atom stereocenters. The van der Waals surface area contributed by atoms with E-state index in [1.165, 1.54) is 0 Å². The normalized spacial score (nSPS) is 12.3. The van der Waals surface area contributed by atoms with Gasteiger partial charge in [-0.05, 0) is 56.9 Å². The number of aryl methyl sites for hydroxylation is 1. The molecule has 0 bridgehead atoms. The highest BCUT2D eigenvalue weighted by Gasteiger charge is 2.30. The Morgan fingerprint density at radius 1 is 0.967 bits per heavy atom. The lowest BCUT2D eigenvalue weighted by Crippen LogP contribution is -2.53. The minimum absolute atomic E-state index is 0.106. The molecular formula is C24H30Cl2N2O2. The van der Waals surface area contributed by atoms with E-state index in [0.29, 0.717) is 22.9 Å². The van der Waals surface area contributed by atoms with Crippen LogP contribution in [-0.4, -0.2) is 28.3 Å². The van der Waals surface area contributed by atoms with Gasteiger partial charge in [0, 0.05) is 28.5 Å². The molecule has 2 rings (SSSR count). The topological polar surface area (TPSA) is 49.4 Å². The van der Waals surface area contributed by atoms with Crippen LogP contribution in [0.15, 0.2) is 48.5 Å². The molecule has 162 valence electrons. The molecule has 0 aliphatic carbocycles. The Bertz CT molecular complexity index is 878. The highest BCUT2D eigenvalue weighted by Crippen LogP contribution is 2.22. The van der Waals surface area contributed by atoms with E-state index in [1.807, 2.05) is 70.2 Å². The largest absolute Gasteiger partial charge is 0.350 e. The van der Waals surface area contributed by atoms with Crippen molar-refractivity contribution in [3.63, 3.8) is 0 Å². The number of halogens is 2. The zero-order valence-corrected chi connectivity index (χ0v) is 19.6. The number of nitrogens with one attached hydrogen (secondary N) is 1. The standard InChI is InChI=1S/C24H30Cl2N2O2/c1-5-21(23(30)27-24(2,3)4)28(16-18-11-7-9-13-20(18)26)22(29)15-14-17-10-6-8-12-19(17)25/h6-13,21H,5,14-16H2,1-4H3,(H,27,30)/t21-/m1/s1. The quantitative estimate of drug-likeness (QED) is 0.566. The first-order valence-corrected chi connectivity index (χ1v) is 11.0. The van der Waals surface area contributed by atoms with Crippen molar-refractivity contribution in [3.05, 3.63) is 69.7 Å². The monoisotopic (exact) mass is 448 g/mol. The van der Waals surface area contributed by atoms with Crippen LogP contribution >= 0.6 is 23.2 Å². The summed E-state index contributed by atoms with van der Waals surface area (Å²) in [5.41, 5.74) is 1.34. The van der Waals surface area contributed by atoms with Crippen LogP contribution in [0.2, 0.25) is 10.0 Å². The molecule has 0 spiro atoms. The molecule has 30 heavy (non-hydrogen) atoms. The van der Waals surface area contributed by atoms with Gasteiger partial charge in [-0.15, -0.1) is 0 Å². The molecule has 0 fully saturated rings. The van der Waals surface area contributed by atoms with Gasteiger partial charge in [0.05, 0.1) is 0 Å². The Labute approximate surface area is 189 Å². The molecular weight excluding hydrogens is 419 g/mol. The van der Waals surface area contributed by atoms with Crippen molar-refractivity contribution in [2.24, 2.45) is 0 Å². The van der Waals surface area contributed by atoms with Crippen molar-refractivity contribution in [1.82, 2.24) is 10.2 Å². The predicted octanol–water partition coefficient (Wildman–Crippen LogP) is 5.65. The van der Waals surface area contributed by atoms with Gasteiger partial charge in [0.25, 0.3) is 0 Å². The molecule has 1 N–H and O–H groups in total. The fourth-order valence-corrected chi connectivity index (χ4v) is 3.69. The molecule has 6 heteroatoms. The summed E-state index contributed by atoms with van der Waals surface area (Å²) in [5.74, 6) is -0.270. The smallest absolute Gasteiger partial charge is 0.243 e. The molecule has 0 radical (unpaired) electrons. The van der Waals surface area contributed by atoms with Crippen LogP contribution in [-0.2, 0) is 22.6 Å². The Morgan fingerprint density at radius 3 is 2.00 bits per heavy atom. The molecule has 0 saturated heterocycles. The summed E-state index contributed by atoms with van der Waals surface area (Å²) < 4.78 is 0. The van der Waals surface area contributed by atoms with Crippen molar-refractivity contribution >= 4 is 35.0 Å². The number of benzene rings is 2. The maximum Gasteiger partial charge on any atom is 0.243 e. The lowest BCUT2D eigenvalue weighted by atomic mass is 10.0. The van der Waals surface area contributed by atoms with E-state index < -0.39 is 6.04 Å². The molecule has 0 unspecified atom stereocenters. The predicted molar refractivity (Wildman–Crippen MR) is 124 cm³/mol. The van der Waals surface area contributed by atoms with Gasteiger partial charge in [-0.1, -0.05) is 66.5 Å². The summed E-state index contributed by atoms with van der Waals surface area (Å²) in [6.07, 6.45) is 1.27. The maximum atomic E-state index is 13.3. The van der Waals surface area contributed by atoms with Gasteiger partial charge in [-0.25, -0.2) is 0 Å². The molecule has 4 nitrogen and oxygen atoms in total. The number of hydrogen-bond donors (Lipinski definition) is 1. The molecule has 0 heterocycles. The first kappa shape index (κ1) is 24.2. The van der Waals surface area contributed by atoms with Gasteiger partial charge >= 0.3 is 0 Å². The lowest BCUT2D eigenvalue weighted by molar-refractivity contribution is -0.142. The Balaban J connectivity index is 2.27. The summed E-state index contributed by atoms with van der Waals surface area (Å²) in [5, 5.41) is 4.22. The Hall–Kier alpha value is -2.04. The minimum atomic E-state index is -0.584. The van der Waals surface area contributed by atoms with Crippen LogP contribution in [0.25, 0.3) is 0 Å². The van der Waals surface area contributed by atoms with E-state index in [1.54, 1.807) is 11.0 Å². The summed E-state index contributed by atoms with van der Waals surface area (Å²) >= 11 is 12.6. The second kappa shape index (κ2) is 10.8. The number of nitrogens with zero attached hydrogens (tertiary/aromatic N) is 1. The summed E-state index contributed by atoms with van der Waals surface area (Å²) in [6.45, 7) is 7.96. The SMILES string of the molecule is CC[C@H](C(=O)NC(C)(C)C)N(Cc1ccccc1Cl)C(=O)CCc1ccccc1Cl. The van der Waals surface area contributed by atoms with Gasteiger partial charge in [0.15, 0.2) is 0 Å². The zero-order chi connectivity index (χ0) is 22.3. The first-order valence-electron chi connectivity index (χ1n) is 10.2. The van der Waals surface area contributed by atoms with E-state index in [-0.39, 0.29) is 30.3 Å². The van der Waals surface area contributed by atoms with E-state index in [4.69, 9.17) is 23.2 Å². The molecule has 0 saturated carbocycles. The molecule has 2 amide bonds. The Kier molecular flexibility index (Phi) is 8.75. The second-order valence-corrected chi connectivity index (χ2v) is 9.18. The van der Waals surface area contributed by atoms with Crippen molar-refractivity contribution in [3.8, 4) is 0 Å². The summed E-state index contributed by atoms with van der Waals surface area (Å²) in [6, 6.07) is 14.3. The van der Waals surface area contributed by atoms with Gasteiger partial charge in [0.1, 0.15) is 6.04 Å². The first-order chi connectivity index (χ1) is 14.1. The van der Waals surface area contributed by atoms with Gasteiger partial charge in [0.2, 0.25) is 11.8 Å². The summed E-state index contributed by atoms with van der Waals surface area (Å²) in [7, 11) is 0. The fourth-order valence-electron chi connectivity index (χ4n) is 3.27. The number of amides is 2. The van der Waals surface area contributed by atoms with Crippen LogP contribution < -0.4 is 5.32 Å². The third kappa shape index (κ3) is 7.03. The average molecular weight is 449 g/mol. The lowest BCUT2D eigenvalue weighted by Gasteiger charge is -2.33. The number of rotatable bonds is 8. The van der Waals surface area contributed by atoms with Crippen LogP contribution in [0.3, 0.4) is 0 Å². The van der Waals surface area contributed by atoms with Crippen LogP contribution in [0.4, 0.5) is 0 Å².